The molecule has 4 aromatic rings. The highest BCUT2D eigenvalue weighted by Crippen LogP contribution is 2.34. The van der Waals surface area contributed by atoms with Crippen LogP contribution in [0.5, 0.6) is 5.75 Å². The number of aromatic nitrogens is 2. The van der Waals surface area contributed by atoms with Crippen LogP contribution in [0, 0.1) is 10.1 Å². The number of rotatable bonds is 7. The summed E-state index contributed by atoms with van der Waals surface area (Å²) in [7, 11) is 0. The first-order chi connectivity index (χ1) is 16.3. The molecule has 0 saturated heterocycles. The molecule has 3 aromatic carbocycles. The van der Waals surface area contributed by atoms with Crippen molar-refractivity contribution in [1.82, 2.24) is 9.66 Å². The van der Waals surface area contributed by atoms with Gasteiger partial charge < -0.3 is 9.84 Å². The zero-order valence-electron chi connectivity index (χ0n) is 17.3. The number of carbonyl (C=O) groups is 1. The van der Waals surface area contributed by atoms with E-state index >= 15 is 0 Å². The first-order valence-electron chi connectivity index (χ1n) is 9.79. The number of para-hydroxylation sites is 1. The average Bonchev–Trinajstić information content (AvgIpc) is 2.82. The van der Waals surface area contributed by atoms with Gasteiger partial charge in [-0.25, -0.2) is 9.78 Å². The molecule has 0 aliphatic heterocycles. The van der Waals surface area contributed by atoms with Gasteiger partial charge in [-0.05, 0) is 18.2 Å². The van der Waals surface area contributed by atoms with E-state index in [0.29, 0.717) is 16.5 Å². The van der Waals surface area contributed by atoms with Crippen LogP contribution in [0.15, 0.2) is 76.6 Å². The van der Waals surface area contributed by atoms with E-state index in [1.807, 2.05) is 6.07 Å². The lowest BCUT2D eigenvalue weighted by Crippen LogP contribution is -2.20. The molecule has 0 unspecified atom stereocenters. The Morgan fingerprint density at radius 1 is 1.18 bits per heavy atom. The van der Waals surface area contributed by atoms with Gasteiger partial charge in [0.1, 0.15) is 0 Å². The quantitative estimate of drug-likeness (QED) is 0.241. The van der Waals surface area contributed by atoms with Gasteiger partial charge in [0.25, 0.3) is 5.56 Å². The molecule has 0 amide bonds. The number of hydrogen-bond donors (Lipinski definition) is 1. The van der Waals surface area contributed by atoms with Crippen molar-refractivity contribution in [2.75, 3.05) is 6.61 Å². The Balaban J connectivity index is 1.92. The number of nitrogens with zero attached hydrogens (tertiary/aromatic N) is 4. The highest BCUT2D eigenvalue weighted by molar-refractivity contribution is 6.31. The molecule has 170 valence electrons. The molecule has 0 radical (unpaired) electrons. The van der Waals surface area contributed by atoms with E-state index in [2.05, 4.69) is 10.1 Å². The lowest BCUT2D eigenvalue weighted by molar-refractivity contribution is -0.385. The molecule has 0 spiro atoms. The summed E-state index contributed by atoms with van der Waals surface area (Å²) in [5.41, 5.74) is 0.0934. The predicted molar refractivity (Wildman–Crippen MR) is 126 cm³/mol. The molecule has 34 heavy (non-hydrogen) atoms. The molecule has 0 saturated carbocycles. The molecular weight excluding hydrogens is 464 g/mol. The highest BCUT2D eigenvalue weighted by Gasteiger charge is 2.22. The number of hydrogen-bond acceptors (Lipinski definition) is 7. The number of benzene rings is 3. The number of halogens is 1. The molecule has 10 nitrogen and oxygen atoms in total. The van der Waals surface area contributed by atoms with Gasteiger partial charge in [0.2, 0.25) is 5.75 Å². The lowest BCUT2D eigenvalue weighted by atomic mass is 10.2. The SMILES string of the molecule is O=C(O)COc1c(C=Nn2c(-c3ccccc3)nc3ccccc3c2=O)cc(Cl)cc1[N+](=O)[O-]. The monoisotopic (exact) mass is 478 g/mol. The van der Waals surface area contributed by atoms with Crippen molar-refractivity contribution < 1.29 is 19.6 Å². The van der Waals surface area contributed by atoms with E-state index in [-0.39, 0.29) is 22.2 Å². The Bertz CT molecular complexity index is 1500. The van der Waals surface area contributed by atoms with E-state index in [4.69, 9.17) is 21.4 Å². The zero-order valence-corrected chi connectivity index (χ0v) is 18.0. The molecule has 0 aliphatic rings. The number of nitro benzene ring substituents is 1. The van der Waals surface area contributed by atoms with Crippen molar-refractivity contribution in [3.8, 4) is 17.1 Å². The maximum atomic E-state index is 13.3. The number of fused-ring (bicyclic) bond motifs is 1. The zero-order chi connectivity index (χ0) is 24.2. The summed E-state index contributed by atoms with van der Waals surface area (Å²) < 4.78 is 6.22. The molecule has 1 N–H and O–H groups in total. The Morgan fingerprint density at radius 2 is 1.88 bits per heavy atom. The van der Waals surface area contributed by atoms with Gasteiger partial charge >= 0.3 is 11.7 Å². The van der Waals surface area contributed by atoms with E-state index in [9.17, 15) is 19.7 Å². The normalized spacial score (nSPS) is 11.1. The van der Waals surface area contributed by atoms with Gasteiger partial charge in [-0.15, -0.1) is 0 Å². The Morgan fingerprint density at radius 3 is 2.59 bits per heavy atom. The fourth-order valence-corrected chi connectivity index (χ4v) is 3.47. The van der Waals surface area contributed by atoms with Crippen LogP contribution in [-0.4, -0.2) is 38.5 Å². The molecule has 11 heteroatoms. The highest BCUT2D eigenvalue weighted by atomic mass is 35.5. The van der Waals surface area contributed by atoms with E-state index < -0.39 is 28.7 Å². The largest absolute Gasteiger partial charge is 0.479 e. The van der Waals surface area contributed by atoms with Crippen molar-refractivity contribution in [2.45, 2.75) is 0 Å². The van der Waals surface area contributed by atoms with E-state index in [1.54, 1.807) is 48.5 Å². The molecule has 4 rings (SSSR count). The van der Waals surface area contributed by atoms with Crippen molar-refractivity contribution in [1.29, 1.82) is 0 Å². The van der Waals surface area contributed by atoms with Crippen LogP contribution in [0.4, 0.5) is 5.69 Å². The second-order valence-electron chi connectivity index (χ2n) is 6.96. The van der Waals surface area contributed by atoms with Crippen LogP contribution in [-0.2, 0) is 4.79 Å². The minimum atomic E-state index is -1.33. The van der Waals surface area contributed by atoms with Gasteiger partial charge in [-0.1, -0.05) is 54.1 Å². The van der Waals surface area contributed by atoms with Crippen molar-refractivity contribution >= 4 is 40.4 Å². The van der Waals surface area contributed by atoms with Crippen LogP contribution >= 0.6 is 11.6 Å². The van der Waals surface area contributed by atoms with Crippen LogP contribution in [0.3, 0.4) is 0 Å². The summed E-state index contributed by atoms with van der Waals surface area (Å²) >= 11 is 6.03. The third-order valence-corrected chi connectivity index (χ3v) is 4.92. The van der Waals surface area contributed by atoms with Crippen LogP contribution in [0.25, 0.3) is 22.3 Å². The fourth-order valence-electron chi connectivity index (χ4n) is 3.25. The smallest absolute Gasteiger partial charge is 0.341 e. The minimum absolute atomic E-state index is 0.00286. The third kappa shape index (κ3) is 4.62. The molecule has 0 aliphatic carbocycles. The van der Waals surface area contributed by atoms with Crippen LogP contribution < -0.4 is 10.3 Å². The Labute approximate surface area is 196 Å². The Kier molecular flexibility index (Phi) is 6.33. The lowest BCUT2D eigenvalue weighted by Gasteiger charge is -2.11. The number of ether oxygens (including phenoxy) is 1. The second kappa shape index (κ2) is 9.51. The number of aliphatic carboxylic acids is 1. The van der Waals surface area contributed by atoms with Crippen molar-refractivity contribution in [3.05, 3.63) is 97.8 Å². The summed E-state index contributed by atoms with van der Waals surface area (Å²) in [6, 6.07) is 18.0. The topological polar surface area (TPSA) is 137 Å². The molecule has 1 heterocycles. The minimum Gasteiger partial charge on any atom is -0.479 e. The summed E-state index contributed by atoms with van der Waals surface area (Å²) in [6.07, 6.45) is 1.14. The summed E-state index contributed by atoms with van der Waals surface area (Å²) in [6.45, 7) is -0.823. The molecular formula is C23H15ClN4O6. The predicted octanol–water partition coefficient (Wildman–Crippen LogP) is 3.97. The van der Waals surface area contributed by atoms with Crippen LogP contribution in [0.2, 0.25) is 5.02 Å². The summed E-state index contributed by atoms with van der Waals surface area (Å²) in [5.74, 6) is -1.43. The van der Waals surface area contributed by atoms with Crippen LogP contribution in [0.1, 0.15) is 5.56 Å². The van der Waals surface area contributed by atoms with E-state index in [0.717, 1.165) is 17.0 Å². The number of carboxylic acid groups (broad SMARTS) is 1. The fraction of sp³-hybridized carbons (Fsp3) is 0.0435. The van der Waals surface area contributed by atoms with Gasteiger partial charge in [-0.2, -0.15) is 9.78 Å². The Hall–Kier alpha value is -4.57. The molecule has 1 aromatic heterocycles. The van der Waals surface area contributed by atoms with Crippen molar-refractivity contribution in [2.24, 2.45) is 5.10 Å². The summed E-state index contributed by atoms with van der Waals surface area (Å²) in [5, 5.41) is 25.0. The molecule has 0 fully saturated rings. The third-order valence-electron chi connectivity index (χ3n) is 4.70. The van der Waals surface area contributed by atoms with Gasteiger partial charge in [-0.3, -0.25) is 14.9 Å². The molecule has 0 bridgehead atoms. The van der Waals surface area contributed by atoms with E-state index in [1.165, 1.54) is 6.07 Å². The first kappa shape index (κ1) is 22.6. The van der Waals surface area contributed by atoms with Gasteiger partial charge in [0.15, 0.2) is 12.4 Å². The standard InChI is InChI=1S/C23H15ClN4O6/c24-16-10-15(21(34-13-20(29)30)19(11-16)28(32)33)12-25-27-22(14-6-2-1-3-7-14)26-18-9-5-4-8-17(18)23(27)31/h1-12H,13H2,(H,29,30). The number of carboxylic acids is 1. The maximum absolute atomic E-state index is 13.3. The first-order valence-corrected chi connectivity index (χ1v) is 10.2. The molecule has 0 atom stereocenters. The van der Waals surface area contributed by atoms with Gasteiger partial charge in [0, 0.05) is 22.2 Å². The maximum Gasteiger partial charge on any atom is 0.341 e. The van der Waals surface area contributed by atoms with Crippen molar-refractivity contribution in [3.63, 3.8) is 0 Å². The van der Waals surface area contributed by atoms with Gasteiger partial charge in [0.05, 0.1) is 22.0 Å². The average molecular weight is 479 g/mol. The number of nitro groups is 1. The second-order valence-corrected chi connectivity index (χ2v) is 7.40. The summed E-state index contributed by atoms with van der Waals surface area (Å²) in [4.78, 5) is 39.5.